The predicted octanol–water partition coefficient (Wildman–Crippen LogP) is 18.3. The van der Waals surface area contributed by atoms with Crippen LogP contribution in [0.4, 0.5) is 34.1 Å². The number of anilines is 6. The molecule has 83 heavy (non-hydrogen) atoms. The van der Waals surface area contributed by atoms with E-state index in [2.05, 4.69) is 172 Å². The predicted molar refractivity (Wildman–Crippen MR) is 332 cm³/mol. The maximum Gasteiger partial charge on any atom is 0.160 e. The number of rotatable bonds is 12. The summed E-state index contributed by atoms with van der Waals surface area (Å²) >= 11 is 0. The van der Waals surface area contributed by atoms with Gasteiger partial charge >= 0.3 is 0 Å². The highest BCUT2D eigenvalue weighted by Gasteiger charge is 2.21. The van der Waals surface area contributed by atoms with E-state index in [1.54, 1.807) is 18.2 Å². The molecule has 2 heterocycles. The van der Waals surface area contributed by atoms with Crippen molar-refractivity contribution in [2.75, 3.05) is 9.80 Å². The summed E-state index contributed by atoms with van der Waals surface area (Å²) in [6.45, 7) is 0. The molecule has 0 aliphatic carbocycles. The van der Waals surface area contributed by atoms with Gasteiger partial charge in [0.25, 0.3) is 0 Å². The van der Waals surface area contributed by atoms with Crippen LogP contribution in [0.3, 0.4) is 0 Å². The molecule has 0 spiro atoms. The van der Waals surface area contributed by atoms with Crippen LogP contribution >= 0.6 is 0 Å². The molecule has 0 saturated carbocycles. The summed E-state index contributed by atoms with van der Waals surface area (Å²) < 4.78 is 2.33. The number of fused-ring (bicyclic) bond motifs is 3. The highest BCUT2D eigenvalue weighted by atomic mass is 15.1. The standard InChI is InChI=1S/C74H45N9/c75-46-50-17-31-63(32-18-50)81(61-13-3-1-4-14-61)66-37-39-72-68(43-66)69-44-67(82(62-15-5-2-6-16-62)64-33-19-51(47-76)20-34-64)38-40-73(69)83(72)65-35-29-57(30-36-65)55-23-21-54(22-24-55)56-25-27-58(28-26-56)70-45-71(59-11-7-9-52(41-59)48-77)80-74(79-70)60-12-8-10-53(42-60)49-78/h1-45H. The first-order valence-electron chi connectivity index (χ1n) is 26.9. The van der Waals surface area contributed by atoms with Crippen molar-refractivity contribution in [3.8, 4) is 86.1 Å². The van der Waals surface area contributed by atoms with Gasteiger partial charge in [0.2, 0.25) is 0 Å². The van der Waals surface area contributed by atoms with Gasteiger partial charge < -0.3 is 14.4 Å². The number of para-hydroxylation sites is 2. The van der Waals surface area contributed by atoms with Crippen LogP contribution in [0.5, 0.6) is 0 Å². The molecule has 9 nitrogen and oxygen atoms in total. The fourth-order valence-electron chi connectivity index (χ4n) is 10.8. The molecule has 0 amide bonds. The summed E-state index contributed by atoms with van der Waals surface area (Å²) in [5, 5.41) is 40.8. The van der Waals surface area contributed by atoms with Gasteiger partial charge in [-0.25, -0.2) is 9.97 Å². The van der Waals surface area contributed by atoms with Gasteiger partial charge in [-0.05, 0) is 174 Å². The monoisotopic (exact) mass is 1060 g/mol. The summed E-state index contributed by atoms with van der Waals surface area (Å²) in [6.07, 6.45) is 0. The SMILES string of the molecule is N#Cc1ccc(N(c2ccccc2)c2ccc3c(c2)c2cc(N(c4ccccc4)c4ccc(C#N)cc4)ccc2n3-c2ccc(-c3ccc(-c4ccc(-c5cc(-c6cccc(C#N)c6)nc(-c6cccc(C#N)c6)n5)cc4)cc3)cc2)cc1. The molecule has 0 N–H and O–H groups in total. The number of hydrogen-bond acceptors (Lipinski definition) is 8. The van der Waals surface area contributed by atoms with Gasteiger partial charge in [0.15, 0.2) is 5.82 Å². The second-order valence-corrected chi connectivity index (χ2v) is 19.9. The van der Waals surface area contributed by atoms with Crippen LogP contribution in [0.25, 0.3) is 83.6 Å². The zero-order chi connectivity index (χ0) is 56.2. The molecular formula is C74H45N9. The topological polar surface area (TPSA) is 132 Å². The molecule has 9 heteroatoms. The first kappa shape index (κ1) is 50.4. The molecule has 13 aromatic rings. The van der Waals surface area contributed by atoms with E-state index in [1.165, 1.54) is 0 Å². The Hall–Kier alpha value is -12.1. The molecule has 11 aromatic carbocycles. The van der Waals surface area contributed by atoms with Crippen molar-refractivity contribution in [1.82, 2.24) is 14.5 Å². The summed E-state index contributed by atoms with van der Waals surface area (Å²) in [6, 6.07) is 100. The van der Waals surface area contributed by atoms with Crippen molar-refractivity contribution in [2.45, 2.75) is 0 Å². The first-order chi connectivity index (χ1) is 40.9. The van der Waals surface area contributed by atoms with Gasteiger partial charge in [0.1, 0.15) is 0 Å². The maximum absolute atomic E-state index is 9.68. The highest BCUT2D eigenvalue weighted by molar-refractivity contribution is 6.12. The third-order valence-electron chi connectivity index (χ3n) is 14.9. The van der Waals surface area contributed by atoms with Gasteiger partial charge in [-0.15, -0.1) is 0 Å². The average molecular weight is 1060 g/mol. The highest BCUT2D eigenvalue weighted by Crippen LogP contribution is 2.43. The second-order valence-electron chi connectivity index (χ2n) is 19.9. The lowest BCUT2D eigenvalue weighted by atomic mass is 9.98. The first-order valence-corrected chi connectivity index (χ1v) is 26.9. The minimum absolute atomic E-state index is 0.489. The molecule has 0 fully saturated rings. The van der Waals surface area contributed by atoms with Crippen molar-refractivity contribution in [3.05, 3.63) is 295 Å². The molecule has 0 aliphatic heterocycles. The second kappa shape index (κ2) is 21.9. The van der Waals surface area contributed by atoms with Gasteiger partial charge in [0.05, 0.1) is 69.0 Å². The Morgan fingerprint density at radius 1 is 0.277 bits per heavy atom. The van der Waals surface area contributed by atoms with Crippen LogP contribution in [-0.2, 0) is 0 Å². The number of nitriles is 4. The van der Waals surface area contributed by atoms with E-state index in [0.29, 0.717) is 33.8 Å². The third-order valence-corrected chi connectivity index (χ3v) is 14.9. The van der Waals surface area contributed by atoms with Crippen molar-refractivity contribution in [3.63, 3.8) is 0 Å². The lowest BCUT2D eigenvalue weighted by Gasteiger charge is -2.26. The van der Waals surface area contributed by atoms with Gasteiger partial charge in [-0.1, -0.05) is 121 Å². The Labute approximate surface area is 480 Å². The van der Waals surface area contributed by atoms with Crippen LogP contribution in [-0.4, -0.2) is 14.5 Å². The van der Waals surface area contributed by atoms with E-state index in [0.717, 1.165) is 106 Å². The fraction of sp³-hybridized carbons (Fsp3) is 0. The fourth-order valence-corrected chi connectivity index (χ4v) is 10.8. The van der Waals surface area contributed by atoms with Crippen molar-refractivity contribution >= 4 is 55.9 Å². The maximum atomic E-state index is 9.68. The molecule has 386 valence electrons. The van der Waals surface area contributed by atoms with E-state index < -0.39 is 0 Å². The molecular weight excluding hydrogens is 1010 g/mol. The zero-order valence-electron chi connectivity index (χ0n) is 44.5. The Balaban J connectivity index is 0.849. The Bertz CT molecular complexity index is 4500. The van der Waals surface area contributed by atoms with E-state index in [9.17, 15) is 21.0 Å². The number of nitrogens with zero attached hydrogens (tertiary/aromatic N) is 9. The number of hydrogen-bond donors (Lipinski definition) is 0. The van der Waals surface area contributed by atoms with Crippen molar-refractivity contribution < 1.29 is 0 Å². The quantitative estimate of drug-likeness (QED) is 0.118. The number of aromatic nitrogens is 3. The summed E-state index contributed by atoms with van der Waals surface area (Å²) in [7, 11) is 0. The third kappa shape index (κ3) is 9.94. The summed E-state index contributed by atoms with van der Waals surface area (Å²) in [4.78, 5) is 14.3. The summed E-state index contributed by atoms with van der Waals surface area (Å²) in [5.41, 5.74) is 19.2. The Morgan fingerprint density at radius 3 is 1.10 bits per heavy atom. The van der Waals surface area contributed by atoms with Crippen LogP contribution in [0.1, 0.15) is 22.3 Å². The van der Waals surface area contributed by atoms with Gasteiger partial charge in [-0.2, -0.15) is 21.0 Å². The minimum atomic E-state index is 0.489. The van der Waals surface area contributed by atoms with E-state index in [1.807, 2.05) is 121 Å². The van der Waals surface area contributed by atoms with E-state index in [4.69, 9.17) is 9.97 Å². The van der Waals surface area contributed by atoms with Crippen LogP contribution in [0.2, 0.25) is 0 Å². The molecule has 0 radical (unpaired) electrons. The Kier molecular flexibility index (Phi) is 13.3. The van der Waals surface area contributed by atoms with Gasteiger partial charge in [0, 0.05) is 67.3 Å². The van der Waals surface area contributed by atoms with Crippen LogP contribution in [0, 0.1) is 45.3 Å². The number of benzene rings is 11. The smallest absolute Gasteiger partial charge is 0.160 e. The lowest BCUT2D eigenvalue weighted by molar-refractivity contribution is 1.18. The molecule has 0 bridgehead atoms. The normalized spacial score (nSPS) is 10.8. The lowest BCUT2D eigenvalue weighted by Crippen LogP contribution is -2.10. The molecule has 13 rings (SSSR count). The molecule has 0 atom stereocenters. The van der Waals surface area contributed by atoms with Crippen LogP contribution in [0.15, 0.2) is 273 Å². The van der Waals surface area contributed by atoms with Crippen LogP contribution < -0.4 is 9.80 Å². The largest absolute Gasteiger partial charge is 0.310 e. The van der Waals surface area contributed by atoms with Crippen molar-refractivity contribution in [2.24, 2.45) is 0 Å². The molecule has 0 aliphatic rings. The molecule has 0 unspecified atom stereocenters. The molecule has 0 saturated heterocycles. The van der Waals surface area contributed by atoms with E-state index >= 15 is 0 Å². The molecule has 2 aromatic heterocycles. The average Bonchev–Trinajstić information content (AvgIpc) is 4.07. The van der Waals surface area contributed by atoms with Gasteiger partial charge in [-0.3, -0.25) is 0 Å². The van der Waals surface area contributed by atoms with E-state index in [-0.39, 0.29) is 0 Å². The zero-order valence-corrected chi connectivity index (χ0v) is 44.5. The Morgan fingerprint density at radius 2 is 0.651 bits per heavy atom. The summed E-state index contributed by atoms with van der Waals surface area (Å²) in [5.74, 6) is 0.489. The van der Waals surface area contributed by atoms with Crippen molar-refractivity contribution in [1.29, 1.82) is 21.0 Å². The minimum Gasteiger partial charge on any atom is -0.310 e.